The number of benzene rings is 1. The number of nitrogens with one attached hydrogen (secondary N) is 2. The number of halogens is 3. The largest absolute Gasteiger partial charge is 0.332 e. The first-order valence-electron chi connectivity index (χ1n) is 4.81. The summed E-state index contributed by atoms with van der Waals surface area (Å²) < 4.78 is 37.9. The Labute approximate surface area is 96.0 Å². The van der Waals surface area contributed by atoms with Gasteiger partial charge in [0.1, 0.15) is 5.82 Å². The average Bonchev–Trinajstić information content (AvgIpc) is 2.30. The van der Waals surface area contributed by atoms with Gasteiger partial charge in [0.25, 0.3) is 5.92 Å². The summed E-state index contributed by atoms with van der Waals surface area (Å²) in [5.41, 5.74) is 5.10. The second kappa shape index (κ2) is 5.53. The van der Waals surface area contributed by atoms with Crippen molar-refractivity contribution >= 4 is 11.7 Å². The first-order valence-corrected chi connectivity index (χ1v) is 4.81. The van der Waals surface area contributed by atoms with Gasteiger partial charge in [-0.1, -0.05) is 0 Å². The molecule has 0 heterocycles. The van der Waals surface area contributed by atoms with E-state index in [0.29, 0.717) is 5.69 Å². The zero-order chi connectivity index (χ0) is 12.9. The number of urea groups is 1. The minimum atomic E-state index is -3.14. The fourth-order valence-electron chi connectivity index (χ4n) is 0.990. The van der Waals surface area contributed by atoms with Crippen LogP contribution in [0.1, 0.15) is 0 Å². The van der Waals surface area contributed by atoms with Crippen LogP contribution in [0.3, 0.4) is 0 Å². The van der Waals surface area contributed by atoms with Crippen LogP contribution in [0.15, 0.2) is 24.3 Å². The number of nitrogens with two attached hydrogens (primary N) is 1. The minimum Gasteiger partial charge on any atom is -0.332 e. The topological polar surface area (TPSA) is 67.1 Å². The molecule has 0 saturated carbocycles. The number of anilines is 1. The molecule has 0 aromatic heterocycles. The van der Waals surface area contributed by atoms with Crippen LogP contribution in [0.5, 0.6) is 0 Å². The minimum absolute atomic E-state index is 0.306. The Morgan fingerprint density at radius 2 is 1.88 bits per heavy atom. The molecule has 0 atom stereocenters. The van der Waals surface area contributed by atoms with Gasteiger partial charge in [0, 0.05) is 5.69 Å². The first-order chi connectivity index (χ1) is 7.93. The van der Waals surface area contributed by atoms with Crippen LogP contribution in [-0.4, -0.2) is 25.0 Å². The molecule has 4 N–H and O–H groups in total. The maximum Gasteiger partial charge on any atom is 0.319 e. The summed E-state index contributed by atoms with van der Waals surface area (Å²) in [4.78, 5) is 11.2. The number of hydrogen-bond donors (Lipinski definition) is 3. The fraction of sp³-hybridized carbons (Fsp3) is 0.300. The van der Waals surface area contributed by atoms with Crippen molar-refractivity contribution < 1.29 is 18.0 Å². The normalized spacial score (nSPS) is 11.1. The summed E-state index contributed by atoms with van der Waals surface area (Å²) in [6.45, 7) is -1.69. The number of carbonyl (C=O) groups is 1. The van der Waals surface area contributed by atoms with Gasteiger partial charge in [-0.2, -0.15) is 0 Å². The Hall–Kier alpha value is -1.76. The van der Waals surface area contributed by atoms with Gasteiger partial charge in [0.15, 0.2) is 0 Å². The molecule has 0 bridgehead atoms. The van der Waals surface area contributed by atoms with Crippen molar-refractivity contribution in [2.24, 2.45) is 5.73 Å². The lowest BCUT2D eigenvalue weighted by Crippen LogP contribution is -2.43. The predicted molar refractivity (Wildman–Crippen MR) is 57.4 cm³/mol. The molecule has 0 aliphatic rings. The zero-order valence-electron chi connectivity index (χ0n) is 8.84. The molecule has 1 aromatic carbocycles. The number of hydrogen-bond acceptors (Lipinski definition) is 2. The molecule has 0 spiro atoms. The molecular formula is C10H12F3N3O. The number of carbonyl (C=O) groups excluding carboxylic acids is 1. The van der Waals surface area contributed by atoms with E-state index < -0.39 is 30.9 Å². The molecule has 0 aliphatic carbocycles. The standard InChI is InChI=1S/C10H12F3N3O/c11-7-1-3-8(4-2-7)16-9(17)15-6-10(12,13)5-14/h1-4H,5-6,14H2,(H2,15,16,17). The Morgan fingerprint density at radius 3 is 2.41 bits per heavy atom. The van der Waals surface area contributed by atoms with Crippen molar-refractivity contribution in [3.05, 3.63) is 30.1 Å². The number of alkyl halides is 2. The molecule has 4 nitrogen and oxygen atoms in total. The molecule has 7 heteroatoms. The molecule has 0 fully saturated rings. The van der Waals surface area contributed by atoms with E-state index in [9.17, 15) is 18.0 Å². The van der Waals surface area contributed by atoms with E-state index in [4.69, 9.17) is 5.73 Å². The molecule has 17 heavy (non-hydrogen) atoms. The van der Waals surface area contributed by atoms with E-state index >= 15 is 0 Å². The summed E-state index contributed by atoms with van der Waals surface area (Å²) in [6.07, 6.45) is 0. The van der Waals surface area contributed by atoms with Gasteiger partial charge in [-0.15, -0.1) is 0 Å². The second-order valence-electron chi connectivity index (χ2n) is 3.37. The predicted octanol–water partition coefficient (Wildman–Crippen LogP) is 1.54. The van der Waals surface area contributed by atoms with Gasteiger partial charge >= 0.3 is 6.03 Å². The maximum absolute atomic E-state index is 12.7. The maximum atomic E-state index is 12.7. The summed E-state index contributed by atoms with van der Waals surface area (Å²) in [7, 11) is 0. The third kappa shape index (κ3) is 4.73. The van der Waals surface area contributed by atoms with Gasteiger partial charge in [-0.05, 0) is 24.3 Å². The smallest absolute Gasteiger partial charge is 0.319 e. The zero-order valence-corrected chi connectivity index (χ0v) is 8.84. The second-order valence-corrected chi connectivity index (χ2v) is 3.37. The average molecular weight is 247 g/mol. The van der Waals surface area contributed by atoms with Gasteiger partial charge in [0.2, 0.25) is 0 Å². The van der Waals surface area contributed by atoms with E-state index in [1.54, 1.807) is 0 Å². The molecule has 0 saturated heterocycles. The molecular weight excluding hydrogens is 235 g/mol. The third-order valence-electron chi connectivity index (χ3n) is 1.91. The highest BCUT2D eigenvalue weighted by molar-refractivity contribution is 5.89. The van der Waals surface area contributed by atoms with Gasteiger partial charge in [0.05, 0.1) is 13.1 Å². The van der Waals surface area contributed by atoms with Crippen LogP contribution in [0.4, 0.5) is 23.7 Å². The van der Waals surface area contributed by atoms with Crippen molar-refractivity contribution in [3.8, 4) is 0 Å². The fourth-order valence-corrected chi connectivity index (χ4v) is 0.990. The Morgan fingerprint density at radius 1 is 1.29 bits per heavy atom. The first kappa shape index (κ1) is 13.3. The molecule has 0 unspecified atom stereocenters. The van der Waals surface area contributed by atoms with E-state index in [0.717, 1.165) is 12.1 Å². The summed E-state index contributed by atoms with van der Waals surface area (Å²) in [5.74, 6) is -3.59. The lowest BCUT2D eigenvalue weighted by Gasteiger charge is -2.14. The van der Waals surface area contributed by atoms with Gasteiger partial charge in [-0.3, -0.25) is 0 Å². The van der Waals surface area contributed by atoms with E-state index in [1.165, 1.54) is 12.1 Å². The highest BCUT2D eigenvalue weighted by atomic mass is 19.3. The SMILES string of the molecule is NCC(F)(F)CNC(=O)Nc1ccc(F)cc1. The molecule has 2 amide bonds. The highest BCUT2D eigenvalue weighted by Gasteiger charge is 2.27. The summed E-state index contributed by atoms with van der Waals surface area (Å²) in [5, 5.41) is 4.24. The lowest BCUT2D eigenvalue weighted by atomic mass is 10.3. The van der Waals surface area contributed by atoms with Gasteiger partial charge < -0.3 is 16.4 Å². The Kier molecular flexibility index (Phi) is 4.33. The van der Waals surface area contributed by atoms with Crippen LogP contribution >= 0.6 is 0 Å². The van der Waals surface area contributed by atoms with Crippen molar-refractivity contribution in [3.63, 3.8) is 0 Å². The van der Waals surface area contributed by atoms with Crippen molar-refractivity contribution in [2.45, 2.75) is 5.92 Å². The van der Waals surface area contributed by atoms with Crippen LogP contribution in [0, 0.1) is 5.82 Å². The molecule has 1 aromatic rings. The van der Waals surface area contributed by atoms with Crippen molar-refractivity contribution in [1.82, 2.24) is 5.32 Å². The lowest BCUT2D eigenvalue weighted by molar-refractivity contribution is 0.0148. The third-order valence-corrected chi connectivity index (χ3v) is 1.91. The van der Waals surface area contributed by atoms with E-state index in [1.807, 2.05) is 5.32 Å². The van der Waals surface area contributed by atoms with E-state index in [-0.39, 0.29) is 0 Å². The molecule has 94 valence electrons. The summed E-state index contributed by atoms with van der Waals surface area (Å²) >= 11 is 0. The highest BCUT2D eigenvalue weighted by Crippen LogP contribution is 2.10. The Bertz CT molecular complexity index is 381. The van der Waals surface area contributed by atoms with Crippen LogP contribution in [0.2, 0.25) is 0 Å². The van der Waals surface area contributed by atoms with Crippen LogP contribution in [0.25, 0.3) is 0 Å². The monoisotopic (exact) mass is 247 g/mol. The van der Waals surface area contributed by atoms with Crippen molar-refractivity contribution in [1.29, 1.82) is 0 Å². The summed E-state index contributed by atoms with van der Waals surface area (Å²) in [6, 6.07) is 4.12. The molecule has 0 aliphatic heterocycles. The molecule has 0 radical (unpaired) electrons. The number of amides is 2. The van der Waals surface area contributed by atoms with Crippen LogP contribution in [-0.2, 0) is 0 Å². The Balaban J connectivity index is 2.42. The quantitative estimate of drug-likeness (QED) is 0.755. The van der Waals surface area contributed by atoms with Crippen LogP contribution < -0.4 is 16.4 Å². The van der Waals surface area contributed by atoms with Crippen molar-refractivity contribution in [2.75, 3.05) is 18.4 Å². The van der Waals surface area contributed by atoms with Gasteiger partial charge in [-0.25, -0.2) is 18.0 Å². The van der Waals surface area contributed by atoms with E-state index in [2.05, 4.69) is 5.32 Å². The molecule has 1 rings (SSSR count). The number of rotatable bonds is 4.